The molecule has 0 saturated carbocycles. The molecule has 0 spiro atoms. The number of amides is 1. The molecular formula is C13H17N5O. The minimum Gasteiger partial charge on any atom is -0.348 e. The maximum absolute atomic E-state index is 11.4. The molecule has 3 rings (SSSR count). The number of anilines is 1. The number of rotatable bonds is 2. The summed E-state index contributed by atoms with van der Waals surface area (Å²) in [6.07, 6.45) is 3.30. The Morgan fingerprint density at radius 2 is 2.32 bits per heavy atom. The fraction of sp³-hybridized carbons (Fsp3) is 0.462. The van der Waals surface area contributed by atoms with Crippen molar-refractivity contribution >= 4 is 17.5 Å². The molecule has 1 aliphatic rings. The summed E-state index contributed by atoms with van der Waals surface area (Å²) in [6.45, 7) is 2.72. The van der Waals surface area contributed by atoms with Crippen molar-refractivity contribution < 1.29 is 4.79 Å². The average Bonchev–Trinajstić information content (AvgIpc) is 2.78. The summed E-state index contributed by atoms with van der Waals surface area (Å²) >= 11 is 0. The van der Waals surface area contributed by atoms with Gasteiger partial charge in [0.05, 0.1) is 0 Å². The highest BCUT2D eigenvalue weighted by Crippen LogP contribution is 2.15. The molecule has 0 radical (unpaired) electrons. The van der Waals surface area contributed by atoms with Crippen molar-refractivity contribution in [2.45, 2.75) is 25.8 Å². The highest BCUT2D eigenvalue weighted by Gasteiger charge is 2.23. The summed E-state index contributed by atoms with van der Waals surface area (Å²) < 4.78 is 1.77. The second-order valence-electron chi connectivity index (χ2n) is 5.05. The molecule has 1 fully saturated rings. The lowest BCUT2D eigenvalue weighted by molar-refractivity contribution is -0.132. The van der Waals surface area contributed by atoms with Gasteiger partial charge in [-0.2, -0.15) is 4.98 Å². The van der Waals surface area contributed by atoms with Gasteiger partial charge in [0.2, 0.25) is 11.9 Å². The van der Waals surface area contributed by atoms with E-state index in [1.807, 2.05) is 32.3 Å². The van der Waals surface area contributed by atoms with E-state index in [9.17, 15) is 4.79 Å². The third-order valence-corrected chi connectivity index (χ3v) is 3.52. The van der Waals surface area contributed by atoms with Gasteiger partial charge in [0, 0.05) is 32.3 Å². The average molecular weight is 259 g/mol. The van der Waals surface area contributed by atoms with Crippen LogP contribution in [0.4, 0.5) is 5.95 Å². The number of carbonyl (C=O) groups is 1. The lowest BCUT2D eigenvalue weighted by atomic mass is 10.1. The predicted octanol–water partition coefficient (Wildman–Crippen LogP) is 1.07. The number of likely N-dealkylation sites (tertiary alicyclic amines) is 1. The quantitative estimate of drug-likeness (QED) is 0.876. The van der Waals surface area contributed by atoms with Crippen LogP contribution >= 0.6 is 0 Å². The van der Waals surface area contributed by atoms with Gasteiger partial charge in [0.15, 0.2) is 5.65 Å². The zero-order valence-corrected chi connectivity index (χ0v) is 11.1. The third kappa shape index (κ3) is 2.25. The molecule has 1 aliphatic heterocycles. The first-order valence-electron chi connectivity index (χ1n) is 6.46. The first-order valence-corrected chi connectivity index (χ1v) is 6.46. The Balaban J connectivity index is 1.78. The number of aryl methyl sites for hydroxylation is 1. The van der Waals surface area contributed by atoms with Gasteiger partial charge in [-0.15, -0.1) is 5.10 Å². The SMILES string of the molecule is Cc1cccn2nc(NC3CCC(=O)N(C)C3)nc12. The van der Waals surface area contributed by atoms with Crippen LogP contribution in [0.1, 0.15) is 18.4 Å². The molecule has 1 amide bonds. The Morgan fingerprint density at radius 3 is 3.05 bits per heavy atom. The van der Waals surface area contributed by atoms with Crippen molar-refractivity contribution in [2.75, 3.05) is 18.9 Å². The number of nitrogens with zero attached hydrogens (tertiary/aromatic N) is 4. The van der Waals surface area contributed by atoms with Crippen LogP contribution in [-0.4, -0.2) is 45.0 Å². The molecule has 100 valence electrons. The molecule has 0 aromatic carbocycles. The maximum atomic E-state index is 11.4. The lowest BCUT2D eigenvalue weighted by Crippen LogP contribution is -2.43. The number of hydrogen-bond donors (Lipinski definition) is 1. The van der Waals surface area contributed by atoms with Crippen molar-refractivity contribution in [3.8, 4) is 0 Å². The van der Waals surface area contributed by atoms with E-state index in [1.165, 1.54) is 0 Å². The van der Waals surface area contributed by atoms with Crippen LogP contribution in [0.5, 0.6) is 0 Å². The summed E-state index contributed by atoms with van der Waals surface area (Å²) in [7, 11) is 1.83. The first-order chi connectivity index (χ1) is 9.13. The van der Waals surface area contributed by atoms with Crippen molar-refractivity contribution in [3.05, 3.63) is 23.9 Å². The highest BCUT2D eigenvalue weighted by molar-refractivity contribution is 5.77. The largest absolute Gasteiger partial charge is 0.348 e. The van der Waals surface area contributed by atoms with Crippen molar-refractivity contribution in [1.29, 1.82) is 0 Å². The van der Waals surface area contributed by atoms with Crippen LogP contribution in [-0.2, 0) is 4.79 Å². The summed E-state index contributed by atoms with van der Waals surface area (Å²) in [4.78, 5) is 17.7. The second kappa shape index (κ2) is 4.53. The molecule has 0 bridgehead atoms. The Labute approximate surface area is 111 Å². The Morgan fingerprint density at radius 1 is 1.47 bits per heavy atom. The van der Waals surface area contributed by atoms with E-state index in [4.69, 9.17) is 0 Å². The summed E-state index contributed by atoms with van der Waals surface area (Å²) in [5.41, 5.74) is 1.96. The number of carbonyl (C=O) groups excluding carboxylic acids is 1. The van der Waals surface area contributed by atoms with E-state index >= 15 is 0 Å². The number of fused-ring (bicyclic) bond motifs is 1. The minimum absolute atomic E-state index is 0.205. The fourth-order valence-electron chi connectivity index (χ4n) is 2.41. The van der Waals surface area contributed by atoms with Gasteiger partial charge in [-0.1, -0.05) is 6.07 Å². The van der Waals surface area contributed by atoms with E-state index in [1.54, 1.807) is 9.42 Å². The third-order valence-electron chi connectivity index (χ3n) is 3.52. The molecule has 6 heteroatoms. The lowest BCUT2D eigenvalue weighted by Gasteiger charge is -2.29. The second-order valence-corrected chi connectivity index (χ2v) is 5.05. The number of aromatic nitrogens is 3. The van der Waals surface area contributed by atoms with Crippen LogP contribution in [0, 0.1) is 6.92 Å². The number of likely N-dealkylation sites (N-methyl/N-ethyl adjacent to an activating group) is 1. The zero-order chi connectivity index (χ0) is 13.4. The Bertz CT molecular complexity index is 621. The molecule has 1 atom stereocenters. The van der Waals surface area contributed by atoms with Crippen molar-refractivity contribution in [2.24, 2.45) is 0 Å². The van der Waals surface area contributed by atoms with Gasteiger partial charge in [0.1, 0.15) is 0 Å². The van der Waals surface area contributed by atoms with E-state index in [-0.39, 0.29) is 11.9 Å². The van der Waals surface area contributed by atoms with Crippen LogP contribution in [0.15, 0.2) is 18.3 Å². The van der Waals surface area contributed by atoms with Gasteiger partial charge < -0.3 is 10.2 Å². The molecule has 19 heavy (non-hydrogen) atoms. The number of hydrogen-bond acceptors (Lipinski definition) is 4. The molecule has 6 nitrogen and oxygen atoms in total. The van der Waals surface area contributed by atoms with Crippen LogP contribution < -0.4 is 5.32 Å². The van der Waals surface area contributed by atoms with Crippen LogP contribution in [0.2, 0.25) is 0 Å². The highest BCUT2D eigenvalue weighted by atomic mass is 16.2. The van der Waals surface area contributed by atoms with Crippen LogP contribution in [0.25, 0.3) is 5.65 Å². The summed E-state index contributed by atoms with van der Waals surface area (Å²) in [6, 6.07) is 4.19. The normalized spacial score (nSPS) is 20.0. The van der Waals surface area contributed by atoms with Gasteiger partial charge >= 0.3 is 0 Å². The van der Waals surface area contributed by atoms with Gasteiger partial charge in [0.25, 0.3) is 0 Å². The number of piperidine rings is 1. The van der Waals surface area contributed by atoms with E-state index < -0.39 is 0 Å². The topological polar surface area (TPSA) is 62.5 Å². The number of nitrogens with one attached hydrogen (secondary N) is 1. The van der Waals surface area contributed by atoms with Crippen LogP contribution in [0.3, 0.4) is 0 Å². The molecule has 3 heterocycles. The maximum Gasteiger partial charge on any atom is 0.243 e. The summed E-state index contributed by atoms with van der Waals surface area (Å²) in [5.74, 6) is 0.832. The molecule has 1 saturated heterocycles. The fourth-order valence-corrected chi connectivity index (χ4v) is 2.41. The molecule has 1 unspecified atom stereocenters. The van der Waals surface area contributed by atoms with E-state index in [0.29, 0.717) is 18.9 Å². The predicted molar refractivity (Wildman–Crippen MR) is 72.0 cm³/mol. The first kappa shape index (κ1) is 12.0. The van der Waals surface area contributed by atoms with E-state index in [0.717, 1.165) is 17.6 Å². The van der Waals surface area contributed by atoms with Gasteiger partial charge in [-0.25, -0.2) is 4.52 Å². The number of pyridine rings is 1. The molecule has 2 aromatic rings. The zero-order valence-electron chi connectivity index (χ0n) is 11.1. The van der Waals surface area contributed by atoms with Gasteiger partial charge in [-0.05, 0) is 25.0 Å². The minimum atomic E-state index is 0.205. The summed E-state index contributed by atoms with van der Waals surface area (Å²) in [5, 5.41) is 7.71. The smallest absolute Gasteiger partial charge is 0.243 e. The molecule has 2 aromatic heterocycles. The Hall–Kier alpha value is -2.11. The Kier molecular flexibility index (Phi) is 2.85. The van der Waals surface area contributed by atoms with Crippen molar-refractivity contribution in [1.82, 2.24) is 19.5 Å². The van der Waals surface area contributed by atoms with E-state index in [2.05, 4.69) is 15.4 Å². The van der Waals surface area contributed by atoms with Crippen molar-refractivity contribution in [3.63, 3.8) is 0 Å². The van der Waals surface area contributed by atoms with Gasteiger partial charge in [-0.3, -0.25) is 4.79 Å². The molecule has 0 aliphatic carbocycles. The molecular weight excluding hydrogens is 242 g/mol. The monoisotopic (exact) mass is 259 g/mol. The molecule has 1 N–H and O–H groups in total. The standard InChI is InChI=1S/C13H17N5O/c1-9-4-3-7-18-12(9)15-13(16-18)14-10-5-6-11(19)17(2)8-10/h3-4,7,10H,5-6,8H2,1-2H3,(H,14,16).